The van der Waals surface area contributed by atoms with E-state index < -0.39 is 4.92 Å². The maximum atomic E-state index is 11.5. The largest absolute Gasteiger partial charge is 0.497 e. The van der Waals surface area contributed by atoms with Crippen molar-refractivity contribution in [1.29, 1.82) is 0 Å². The van der Waals surface area contributed by atoms with Gasteiger partial charge in [-0.1, -0.05) is 29.8 Å². The minimum atomic E-state index is -0.532. The highest BCUT2D eigenvalue weighted by molar-refractivity contribution is 6.33. The van der Waals surface area contributed by atoms with Gasteiger partial charge in [-0.2, -0.15) is 0 Å². The number of pyridine rings is 1. The zero-order valence-electron chi connectivity index (χ0n) is 14.2. The van der Waals surface area contributed by atoms with E-state index in [0.717, 1.165) is 5.56 Å². The third-order valence-electron chi connectivity index (χ3n) is 3.96. The Kier molecular flexibility index (Phi) is 5.09. The highest BCUT2D eigenvalue weighted by atomic mass is 35.5. The molecule has 0 amide bonds. The van der Waals surface area contributed by atoms with E-state index in [1.54, 1.807) is 50.6 Å². The molecule has 1 heterocycles. The monoisotopic (exact) mass is 373 g/mol. The normalized spacial score (nSPS) is 10.6. The number of ether oxygens (including phenoxy) is 2. The third kappa shape index (κ3) is 3.34. The molecule has 0 aliphatic carbocycles. The van der Waals surface area contributed by atoms with Crippen LogP contribution in [0, 0.1) is 10.1 Å². The lowest BCUT2D eigenvalue weighted by atomic mass is 10.1. The number of anilines is 1. The Hall–Kier alpha value is -3.06. The van der Waals surface area contributed by atoms with Gasteiger partial charge < -0.3 is 14.8 Å². The number of hydrogen-bond acceptors (Lipinski definition) is 6. The van der Waals surface area contributed by atoms with Gasteiger partial charge in [0.25, 0.3) is 0 Å². The van der Waals surface area contributed by atoms with E-state index in [4.69, 9.17) is 21.1 Å². The molecule has 0 saturated carbocycles. The van der Waals surface area contributed by atoms with Crippen LogP contribution in [0.25, 0.3) is 10.9 Å². The SMILES string of the molecule is COc1ccc(CNc2c([N+](=O)[O-])c(Cl)nc3ccccc23)c(OC)c1. The summed E-state index contributed by atoms with van der Waals surface area (Å²) in [5.41, 5.74) is 1.47. The standard InChI is InChI=1S/C18H16ClN3O4/c1-25-12-8-7-11(15(9-12)26-2)10-20-16-13-5-3-4-6-14(13)21-18(19)17(16)22(23)24/h3-9H,10H2,1-2H3,(H,20,21). The maximum absolute atomic E-state index is 11.5. The topological polar surface area (TPSA) is 86.5 Å². The Morgan fingerprint density at radius 2 is 1.96 bits per heavy atom. The summed E-state index contributed by atoms with van der Waals surface area (Å²) in [5.74, 6) is 1.28. The molecule has 0 atom stereocenters. The number of benzene rings is 2. The Bertz CT molecular complexity index is 978. The summed E-state index contributed by atoms with van der Waals surface area (Å²) in [4.78, 5) is 15.1. The van der Waals surface area contributed by atoms with Crippen molar-refractivity contribution in [3.05, 3.63) is 63.3 Å². The molecule has 1 aromatic heterocycles. The molecule has 26 heavy (non-hydrogen) atoms. The predicted octanol–water partition coefficient (Wildman–Crippen LogP) is 4.43. The van der Waals surface area contributed by atoms with Crippen LogP contribution in [-0.2, 0) is 6.54 Å². The maximum Gasteiger partial charge on any atom is 0.329 e. The van der Waals surface area contributed by atoms with Crippen molar-refractivity contribution < 1.29 is 14.4 Å². The number of rotatable bonds is 6. The molecule has 8 heteroatoms. The van der Waals surface area contributed by atoms with E-state index in [0.29, 0.717) is 34.6 Å². The van der Waals surface area contributed by atoms with Crippen molar-refractivity contribution in [2.75, 3.05) is 19.5 Å². The lowest BCUT2D eigenvalue weighted by Gasteiger charge is -2.14. The number of methoxy groups -OCH3 is 2. The van der Waals surface area contributed by atoms with E-state index in [-0.39, 0.29) is 10.8 Å². The summed E-state index contributed by atoms with van der Waals surface area (Å²) in [7, 11) is 3.13. The summed E-state index contributed by atoms with van der Waals surface area (Å²) >= 11 is 6.05. The van der Waals surface area contributed by atoms with E-state index in [9.17, 15) is 10.1 Å². The molecule has 0 fully saturated rings. The van der Waals surface area contributed by atoms with E-state index in [1.807, 2.05) is 6.07 Å². The molecular weight excluding hydrogens is 358 g/mol. The van der Waals surface area contributed by atoms with Crippen LogP contribution in [-0.4, -0.2) is 24.1 Å². The van der Waals surface area contributed by atoms with Gasteiger partial charge in [-0.25, -0.2) is 4.98 Å². The Balaban J connectivity index is 2.03. The molecule has 0 aliphatic rings. The van der Waals surface area contributed by atoms with Crippen LogP contribution in [0.5, 0.6) is 11.5 Å². The van der Waals surface area contributed by atoms with Crippen LogP contribution >= 0.6 is 11.6 Å². The molecule has 0 bridgehead atoms. The first-order valence-electron chi connectivity index (χ1n) is 7.72. The predicted molar refractivity (Wildman–Crippen MR) is 100 cm³/mol. The minimum Gasteiger partial charge on any atom is -0.497 e. The summed E-state index contributed by atoms with van der Waals surface area (Å²) in [6, 6.07) is 12.5. The zero-order chi connectivity index (χ0) is 18.7. The number of nitrogens with zero attached hydrogens (tertiary/aromatic N) is 2. The van der Waals surface area contributed by atoms with E-state index >= 15 is 0 Å². The molecule has 0 unspecified atom stereocenters. The van der Waals surface area contributed by atoms with E-state index in [1.165, 1.54) is 0 Å². The molecular formula is C18H16ClN3O4. The van der Waals surface area contributed by atoms with Gasteiger partial charge in [0, 0.05) is 23.6 Å². The number of para-hydroxylation sites is 1. The van der Waals surface area contributed by atoms with Crippen molar-refractivity contribution in [3.63, 3.8) is 0 Å². The fourth-order valence-electron chi connectivity index (χ4n) is 2.70. The highest BCUT2D eigenvalue weighted by Gasteiger charge is 2.23. The first-order valence-corrected chi connectivity index (χ1v) is 8.10. The Labute approximate surface area is 154 Å². The molecule has 0 saturated heterocycles. The first kappa shape index (κ1) is 17.8. The average Bonchev–Trinajstić information content (AvgIpc) is 2.65. The van der Waals surface area contributed by atoms with Crippen molar-refractivity contribution in [3.8, 4) is 11.5 Å². The van der Waals surface area contributed by atoms with Crippen molar-refractivity contribution >= 4 is 33.9 Å². The Morgan fingerprint density at radius 1 is 1.19 bits per heavy atom. The number of hydrogen-bond donors (Lipinski definition) is 1. The molecule has 3 rings (SSSR count). The van der Waals surface area contributed by atoms with Gasteiger partial charge in [-0.15, -0.1) is 0 Å². The second-order valence-corrected chi connectivity index (χ2v) is 5.79. The van der Waals surface area contributed by atoms with Crippen LogP contribution in [0.4, 0.5) is 11.4 Å². The summed E-state index contributed by atoms with van der Waals surface area (Å²) in [6.07, 6.45) is 0. The molecule has 7 nitrogen and oxygen atoms in total. The van der Waals surface area contributed by atoms with Crippen LogP contribution in [0.1, 0.15) is 5.56 Å². The van der Waals surface area contributed by atoms with Crippen molar-refractivity contribution in [2.24, 2.45) is 0 Å². The molecule has 0 radical (unpaired) electrons. The van der Waals surface area contributed by atoms with Gasteiger partial charge in [0.1, 0.15) is 17.2 Å². The lowest BCUT2D eigenvalue weighted by Crippen LogP contribution is -2.06. The molecule has 134 valence electrons. The zero-order valence-corrected chi connectivity index (χ0v) is 14.9. The molecule has 3 aromatic rings. The number of fused-ring (bicyclic) bond motifs is 1. The lowest BCUT2D eigenvalue weighted by molar-refractivity contribution is -0.384. The third-order valence-corrected chi connectivity index (χ3v) is 4.22. The van der Waals surface area contributed by atoms with Crippen LogP contribution in [0.15, 0.2) is 42.5 Å². The van der Waals surface area contributed by atoms with Crippen LogP contribution in [0.3, 0.4) is 0 Å². The van der Waals surface area contributed by atoms with Gasteiger partial charge in [0.2, 0.25) is 5.15 Å². The Morgan fingerprint density at radius 3 is 2.65 bits per heavy atom. The van der Waals surface area contributed by atoms with Gasteiger partial charge in [0.15, 0.2) is 0 Å². The number of nitrogens with one attached hydrogen (secondary N) is 1. The van der Waals surface area contributed by atoms with Crippen LogP contribution < -0.4 is 14.8 Å². The number of aromatic nitrogens is 1. The van der Waals surface area contributed by atoms with E-state index in [2.05, 4.69) is 10.3 Å². The van der Waals surface area contributed by atoms with Gasteiger partial charge in [-0.3, -0.25) is 10.1 Å². The fourth-order valence-corrected chi connectivity index (χ4v) is 2.95. The summed E-state index contributed by atoms with van der Waals surface area (Å²) in [6.45, 7) is 0.304. The highest BCUT2D eigenvalue weighted by Crippen LogP contribution is 2.38. The fraction of sp³-hybridized carbons (Fsp3) is 0.167. The quantitative estimate of drug-likeness (QED) is 0.391. The van der Waals surface area contributed by atoms with Crippen LogP contribution in [0.2, 0.25) is 5.15 Å². The second kappa shape index (κ2) is 7.45. The molecule has 2 aromatic carbocycles. The number of halogens is 1. The van der Waals surface area contributed by atoms with Gasteiger partial charge in [0.05, 0.1) is 24.7 Å². The molecule has 0 spiro atoms. The second-order valence-electron chi connectivity index (χ2n) is 5.43. The number of nitro groups is 1. The average molecular weight is 374 g/mol. The molecule has 1 N–H and O–H groups in total. The van der Waals surface area contributed by atoms with Gasteiger partial charge >= 0.3 is 5.69 Å². The first-order chi connectivity index (χ1) is 12.5. The smallest absolute Gasteiger partial charge is 0.329 e. The molecule has 0 aliphatic heterocycles. The van der Waals surface area contributed by atoms with Crippen molar-refractivity contribution in [1.82, 2.24) is 4.98 Å². The minimum absolute atomic E-state index is 0.155. The van der Waals surface area contributed by atoms with Gasteiger partial charge in [-0.05, 0) is 18.2 Å². The summed E-state index contributed by atoms with van der Waals surface area (Å²) in [5, 5.41) is 15.1. The van der Waals surface area contributed by atoms with Crippen molar-refractivity contribution in [2.45, 2.75) is 6.54 Å². The summed E-state index contributed by atoms with van der Waals surface area (Å²) < 4.78 is 10.6.